The number of carbonyl (C=O) groups is 1. The van der Waals surface area contributed by atoms with E-state index in [9.17, 15) is 4.79 Å². The summed E-state index contributed by atoms with van der Waals surface area (Å²) in [6.07, 6.45) is 4.82. The minimum absolute atomic E-state index is 0.0778. The second-order valence-corrected chi connectivity index (χ2v) is 5.42. The zero-order valence-electron chi connectivity index (χ0n) is 10.4. The molecular formula is C12H14N6O. The lowest BCUT2D eigenvalue weighted by Gasteiger charge is -2.22. The van der Waals surface area contributed by atoms with Crippen molar-refractivity contribution in [2.24, 2.45) is 5.41 Å². The first-order chi connectivity index (χ1) is 9.26. The number of aromatic nitrogens is 4. The van der Waals surface area contributed by atoms with Gasteiger partial charge in [0.15, 0.2) is 11.5 Å². The minimum atomic E-state index is 0.0778. The molecule has 0 aliphatic carbocycles. The molecule has 1 amide bonds. The van der Waals surface area contributed by atoms with Gasteiger partial charge in [-0.05, 0) is 6.42 Å². The number of anilines is 1. The van der Waals surface area contributed by atoms with Gasteiger partial charge >= 0.3 is 0 Å². The number of H-pyrrole nitrogens is 1. The van der Waals surface area contributed by atoms with Gasteiger partial charge in [0.1, 0.15) is 11.8 Å². The Bertz CT molecular complexity index is 652. The van der Waals surface area contributed by atoms with Crippen molar-refractivity contribution in [3.05, 3.63) is 12.7 Å². The molecule has 0 aromatic carbocycles. The van der Waals surface area contributed by atoms with E-state index in [0.717, 1.165) is 37.4 Å². The molecule has 7 nitrogen and oxygen atoms in total. The van der Waals surface area contributed by atoms with E-state index in [1.807, 2.05) is 0 Å². The zero-order chi connectivity index (χ0) is 12.9. The Kier molecular flexibility index (Phi) is 2.06. The summed E-state index contributed by atoms with van der Waals surface area (Å²) >= 11 is 0. The van der Waals surface area contributed by atoms with E-state index in [-0.39, 0.29) is 11.3 Å². The van der Waals surface area contributed by atoms with Crippen molar-refractivity contribution in [3.63, 3.8) is 0 Å². The standard InChI is InChI=1S/C12H14N6O/c19-8-3-12(4-13-8)1-2-18(5-12)11-9-10(15-6-14-9)16-7-17-11/h6-7H,1-5H2,(H,13,19)(H,14,15,16,17). The third-order valence-corrected chi connectivity index (χ3v) is 4.14. The molecule has 2 N–H and O–H groups in total. The van der Waals surface area contributed by atoms with Gasteiger partial charge in [0.05, 0.1) is 6.33 Å². The fourth-order valence-electron chi connectivity index (χ4n) is 3.15. The molecule has 0 saturated carbocycles. The lowest BCUT2D eigenvalue weighted by molar-refractivity contribution is -0.119. The predicted molar refractivity (Wildman–Crippen MR) is 68.6 cm³/mol. The number of rotatable bonds is 1. The van der Waals surface area contributed by atoms with Crippen LogP contribution in [-0.4, -0.2) is 45.5 Å². The number of aromatic amines is 1. The summed E-state index contributed by atoms with van der Waals surface area (Å²) in [6.45, 7) is 2.55. The first-order valence-electron chi connectivity index (χ1n) is 6.42. The summed E-state index contributed by atoms with van der Waals surface area (Å²) in [5.41, 5.74) is 1.64. The molecular weight excluding hydrogens is 244 g/mol. The number of fused-ring (bicyclic) bond motifs is 1. The molecule has 2 aromatic rings. The van der Waals surface area contributed by atoms with Crippen LogP contribution in [0.25, 0.3) is 11.2 Å². The maximum absolute atomic E-state index is 11.4. The monoisotopic (exact) mass is 258 g/mol. The van der Waals surface area contributed by atoms with Gasteiger partial charge < -0.3 is 15.2 Å². The van der Waals surface area contributed by atoms with Gasteiger partial charge in [0, 0.05) is 31.5 Å². The van der Waals surface area contributed by atoms with Crippen LogP contribution in [0.15, 0.2) is 12.7 Å². The Balaban J connectivity index is 1.68. The number of amides is 1. The number of hydrogen-bond acceptors (Lipinski definition) is 5. The maximum atomic E-state index is 11.4. The van der Waals surface area contributed by atoms with E-state index in [1.54, 1.807) is 12.7 Å². The molecule has 19 heavy (non-hydrogen) atoms. The number of hydrogen-bond donors (Lipinski definition) is 2. The highest BCUT2D eigenvalue weighted by molar-refractivity contribution is 5.83. The van der Waals surface area contributed by atoms with Crippen LogP contribution in [0.1, 0.15) is 12.8 Å². The van der Waals surface area contributed by atoms with Gasteiger partial charge in [-0.2, -0.15) is 0 Å². The highest BCUT2D eigenvalue weighted by Crippen LogP contribution is 2.38. The average molecular weight is 258 g/mol. The van der Waals surface area contributed by atoms with Crippen molar-refractivity contribution in [2.45, 2.75) is 12.8 Å². The Labute approximate surface area is 109 Å². The molecule has 2 aliphatic heterocycles. The van der Waals surface area contributed by atoms with Crippen LogP contribution < -0.4 is 10.2 Å². The Morgan fingerprint density at radius 1 is 1.32 bits per heavy atom. The van der Waals surface area contributed by atoms with Gasteiger partial charge in [-0.1, -0.05) is 0 Å². The molecule has 2 saturated heterocycles. The Morgan fingerprint density at radius 3 is 3.11 bits per heavy atom. The molecule has 2 aromatic heterocycles. The van der Waals surface area contributed by atoms with Crippen molar-refractivity contribution in [1.29, 1.82) is 0 Å². The molecule has 7 heteroatoms. The zero-order valence-corrected chi connectivity index (χ0v) is 10.4. The predicted octanol–water partition coefficient (Wildman–Crippen LogP) is 0.0693. The van der Waals surface area contributed by atoms with Crippen LogP contribution in [0, 0.1) is 5.41 Å². The van der Waals surface area contributed by atoms with Crippen molar-refractivity contribution in [1.82, 2.24) is 25.3 Å². The Hall–Kier alpha value is -2.18. The second-order valence-electron chi connectivity index (χ2n) is 5.42. The minimum Gasteiger partial charge on any atom is -0.355 e. The molecule has 0 radical (unpaired) electrons. The van der Waals surface area contributed by atoms with Crippen molar-refractivity contribution >= 4 is 22.9 Å². The van der Waals surface area contributed by atoms with Gasteiger partial charge in [-0.3, -0.25) is 4.79 Å². The third kappa shape index (κ3) is 1.57. The quantitative estimate of drug-likeness (QED) is 0.756. The van der Waals surface area contributed by atoms with Gasteiger partial charge in [0.2, 0.25) is 5.91 Å². The summed E-state index contributed by atoms with van der Waals surface area (Å²) in [5.74, 6) is 1.05. The van der Waals surface area contributed by atoms with E-state index in [4.69, 9.17) is 0 Å². The van der Waals surface area contributed by atoms with Crippen molar-refractivity contribution in [2.75, 3.05) is 24.5 Å². The van der Waals surface area contributed by atoms with Gasteiger partial charge in [-0.15, -0.1) is 0 Å². The van der Waals surface area contributed by atoms with Crippen molar-refractivity contribution in [3.8, 4) is 0 Å². The van der Waals surface area contributed by atoms with E-state index in [0.29, 0.717) is 12.1 Å². The second kappa shape index (κ2) is 3.66. The fourth-order valence-corrected chi connectivity index (χ4v) is 3.15. The SMILES string of the molecule is O=C1CC2(CCN(c3ncnc4nc[nH]c34)C2)CN1. The number of nitrogens with one attached hydrogen (secondary N) is 2. The fraction of sp³-hybridized carbons (Fsp3) is 0.500. The van der Waals surface area contributed by atoms with Crippen LogP contribution in [0.3, 0.4) is 0 Å². The van der Waals surface area contributed by atoms with Crippen LogP contribution in [-0.2, 0) is 4.79 Å². The van der Waals surface area contributed by atoms with E-state index in [1.165, 1.54) is 0 Å². The van der Waals surface area contributed by atoms with Crippen LogP contribution in [0.2, 0.25) is 0 Å². The van der Waals surface area contributed by atoms with E-state index in [2.05, 4.69) is 30.2 Å². The van der Waals surface area contributed by atoms with Crippen LogP contribution in [0.5, 0.6) is 0 Å². The first kappa shape index (κ1) is 10.7. The molecule has 2 fully saturated rings. The van der Waals surface area contributed by atoms with E-state index >= 15 is 0 Å². The summed E-state index contributed by atoms with van der Waals surface area (Å²) in [7, 11) is 0. The Morgan fingerprint density at radius 2 is 2.26 bits per heavy atom. The normalized spacial score (nSPS) is 26.5. The number of imidazole rings is 1. The topological polar surface area (TPSA) is 86.8 Å². The summed E-state index contributed by atoms with van der Waals surface area (Å²) in [5, 5.41) is 2.94. The first-order valence-corrected chi connectivity index (χ1v) is 6.42. The smallest absolute Gasteiger partial charge is 0.220 e. The largest absolute Gasteiger partial charge is 0.355 e. The molecule has 1 spiro atoms. The highest BCUT2D eigenvalue weighted by atomic mass is 16.1. The summed E-state index contributed by atoms with van der Waals surface area (Å²) < 4.78 is 0. The lowest BCUT2D eigenvalue weighted by Crippen LogP contribution is -2.29. The molecule has 0 bridgehead atoms. The molecule has 4 rings (SSSR count). The summed E-state index contributed by atoms with van der Waals surface area (Å²) in [6, 6.07) is 0. The molecule has 2 aliphatic rings. The van der Waals surface area contributed by atoms with Crippen molar-refractivity contribution < 1.29 is 4.79 Å². The van der Waals surface area contributed by atoms with Gasteiger partial charge in [-0.25, -0.2) is 15.0 Å². The van der Waals surface area contributed by atoms with Gasteiger partial charge in [0.25, 0.3) is 0 Å². The maximum Gasteiger partial charge on any atom is 0.220 e. The number of nitrogens with zero attached hydrogens (tertiary/aromatic N) is 4. The average Bonchev–Trinajstić information content (AvgIpc) is 3.10. The van der Waals surface area contributed by atoms with Crippen LogP contribution in [0.4, 0.5) is 5.82 Å². The molecule has 1 atom stereocenters. The van der Waals surface area contributed by atoms with E-state index < -0.39 is 0 Å². The molecule has 1 unspecified atom stereocenters. The van der Waals surface area contributed by atoms with Crippen LogP contribution >= 0.6 is 0 Å². The highest BCUT2D eigenvalue weighted by Gasteiger charge is 2.44. The number of carbonyl (C=O) groups excluding carboxylic acids is 1. The summed E-state index contributed by atoms with van der Waals surface area (Å²) in [4.78, 5) is 29.4. The third-order valence-electron chi connectivity index (χ3n) is 4.14. The molecule has 4 heterocycles. The molecule has 98 valence electrons. The lowest BCUT2D eigenvalue weighted by atomic mass is 9.86.